The summed E-state index contributed by atoms with van der Waals surface area (Å²) in [4.78, 5) is 9.43. The number of halogens is 6. The van der Waals surface area contributed by atoms with Crippen molar-refractivity contribution in [3.8, 4) is 21.1 Å². The Labute approximate surface area is 331 Å². The SMILES string of the molecule is C[N+](C)(C)CCC[n+]1ccc(-c2nc3ccccc3s2)cc1.C[N+](C)(C)CCC[n+]1ccc(-c2nc3ccccc3s2)cc1.F[P-](F)(F)(F)(F)F.[Na+]. The topological polar surface area (TPSA) is 33.5 Å². The van der Waals surface area contributed by atoms with Crippen molar-refractivity contribution >= 4 is 50.9 Å². The van der Waals surface area contributed by atoms with E-state index in [1.807, 2.05) is 12.1 Å². The second-order valence-corrected chi connectivity index (χ2v) is 18.3. The van der Waals surface area contributed by atoms with Gasteiger partial charge in [-0.3, -0.25) is 0 Å². The largest absolute Gasteiger partial charge is 1.00 e. The number of nitrogens with zero attached hydrogens (tertiary/aromatic N) is 6. The second-order valence-electron chi connectivity index (χ2n) is 14.3. The zero-order valence-corrected chi connectivity index (χ0v) is 35.2. The quantitative estimate of drug-likeness (QED) is 0.0489. The van der Waals surface area contributed by atoms with Crippen molar-refractivity contribution in [1.82, 2.24) is 9.97 Å². The van der Waals surface area contributed by atoms with E-state index >= 15 is 0 Å². The molecule has 0 saturated heterocycles. The summed E-state index contributed by atoms with van der Waals surface area (Å²) in [5.74, 6) is 0. The smallest absolute Gasteiger partial charge is 1.00 e. The fourth-order valence-electron chi connectivity index (χ4n) is 4.94. The number of thiazole rings is 2. The van der Waals surface area contributed by atoms with Crippen LogP contribution in [-0.4, -0.2) is 74.3 Å². The van der Waals surface area contributed by atoms with E-state index in [1.54, 1.807) is 22.7 Å². The van der Waals surface area contributed by atoms with E-state index in [0.29, 0.717) is 0 Å². The Morgan fingerprint density at radius 1 is 0.538 bits per heavy atom. The minimum absolute atomic E-state index is 0. The maximum Gasteiger partial charge on any atom is 1.00 e. The number of aromatic nitrogens is 4. The number of rotatable bonds is 10. The van der Waals surface area contributed by atoms with Crippen LogP contribution in [-0.2, 0) is 13.1 Å². The Morgan fingerprint density at radius 3 is 1.13 bits per heavy atom. The van der Waals surface area contributed by atoms with E-state index < -0.39 is 7.81 Å². The molecule has 0 spiro atoms. The fourth-order valence-corrected chi connectivity index (χ4v) is 6.89. The zero-order valence-electron chi connectivity index (χ0n) is 30.7. The predicted octanol–water partition coefficient (Wildman–Crippen LogP) is 7.08. The van der Waals surface area contributed by atoms with Crippen LogP contribution in [0.2, 0.25) is 0 Å². The van der Waals surface area contributed by atoms with Crippen molar-refractivity contribution < 1.29 is 72.8 Å². The van der Waals surface area contributed by atoms with Crippen molar-refractivity contribution in [2.24, 2.45) is 0 Å². The van der Waals surface area contributed by atoms with Gasteiger partial charge in [0, 0.05) is 35.4 Å². The fraction of sp³-hybridized carbons (Fsp3) is 0.333. The van der Waals surface area contributed by atoms with E-state index in [4.69, 9.17) is 9.97 Å². The summed E-state index contributed by atoms with van der Waals surface area (Å²) < 4.78 is 68.2. The summed E-state index contributed by atoms with van der Waals surface area (Å²) in [5.41, 5.74) is 4.57. The molecule has 0 radical (unpaired) electrons. The summed E-state index contributed by atoms with van der Waals surface area (Å²) in [6.07, 6.45) is 11.0. The molecule has 0 N–H and O–H groups in total. The van der Waals surface area contributed by atoms with E-state index in [-0.39, 0.29) is 29.6 Å². The molecule has 52 heavy (non-hydrogen) atoms. The molecule has 6 nitrogen and oxygen atoms in total. The summed E-state index contributed by atoms with van der Waals surface area (Å²) in [6.45, 7) is 4.50. The van der Waals surface area contributed by atoms with Crippen LogP contribution < -0.4 is 38.7 Å². The van der Waals surface area contributed by atoms with E-state index in [0.717, 1.165) is 43.1 Å². The Bertz CT molecular complexity index is 1810. The first kappa shape index (κ1) is 43.9. The molecule has 0 unspecified atom stereocenters. The van der Waals surface area contributed by atoms with Gasteiger partial charge in [-0.1, -0.05) is 24.3 Å². The van der Waals surface area contributed by atoms with Gasteiger partial charge in [-0.15, -0.1) is 22.7 Å². The number of para-hydroxylation sites is 2. The van der Waals surface area contributed by atoms with Crippen LogP contribution in [0.1, 0.15) is 12.8 Å². The first-order valence-electron chi connectivity index (χ1n) is 16.3. The standard InChI is InChI=1S/2C18H23N3S.F6P.Na/c2*1-21(2,3)14-6-11-20-12-9-15(10-13-20)18-19-16-7-4-5-8-17(16)22-18;1-7(2,3,4,5)6;/h2*4-5,7-10,12-13H,6,11,14H2,1-3H3;;/q2*+2;-1;+1. The molecule has 4 heterocycles. The maximum atomic E-state index is 9.87. The van der Waals surface area contributed by atoms with Crippen LogP contribution in [0.25, 0.3) is 41.6 Å². The van der Waals surface area contributed by atoms with Gasteiger partial charge in [-0.2, -0.15) is 0 Å². The van der Waals surface area contributed by atoms with Crippen LogP contribution in [0.3, 0.4) is 0 Å². The third-order valence-corrected chi connectivity index (χ3v) is 9.53. The number of fused-ring (bicyclic) bond motifs is 2. The van der Waals surface area contributed by atoms with Gasteiger partial charge in [0.2, 0.25) is 0 Å². The summed E-state index contributed by atoms with van der Waals surface area (Å²) in [5, 5.41) is 2.19. The van der Waals surface area contributed by atoms with Gasteiger partial charge in [0.25, 0.3) is 0 Å². The number of hydrogen-bond donors (Lipinski definition) is 0. The molecule has 0 aliphatic carbocycles. The zero-order chi connectivity index (χ0) is 37.6. The average Bonchev–Trinajstić information content (AvgIpc) is 3.64. The summed E-state index contributed by atoms with van der Waals surface area (Å²) >= 11 is 3.51. The van der Waals surface area contributed by atoms with Gasteiger partial charge in [0.1, 0.15) is 10.0 Å². The molecule has 2 aromatic carbocycles. The van der Waals surface area contributed by atoms with Crippen molar-refractivity contribution in [2.45, 2.75) is 25.9 Å². The molecular weight excluding hydrogens is 749 g/mol. The second kappa shape index (κ2) is 16.9. The van der Waals surface area contributed by atoms with Gasteiger partial charge in [0.15, 0.2) is 37.9 Å². The molecule has 4 aromatic heterocycles. The number of aryl methyl sites for hydroxylation is 2. The van der Waals surface area contributed by atoms with Crippen LogP contribution in [0.4, 0.5) is 25.2 Å². The Balaban J connectivity index is 0.000000234. The van der Waals surface area contributed by atoms with Crippen molar-refractivity contribution in [3.05, 3.63) is 97.6 Å². The van der Waals surface area contributed by atoms with Crippen LogP contribution in [0, 0.1) is 0 Å². The van der Waals surface area contributed by atoms with Gasteiger partial charge in [-0.05, 0) is 24.3 Å². The molecule has 6 rings (SSSR count). The Hall–Kier alpha value is -2.55. The molecule has 0 bridgehead atoms. The molecule has 16 heteroatoms. The third kappa shape index (κ3) is 17.1. The van der Waals surface area contributed by atoms with E-state index in [2.05, 4.69) is 137 Å². The molecule has 0 aliphatic heterocycles. The van der Waals surface area contributed by atoms with Crippen molar-refractivity contribution in [2.75, 3.05) is 55.4 Å². The minimum atomic E-state index is -10.7. The average molecular weight is 795 g/mol. The van der Waals surface area contributed by atoms with Crippen LogP contribution in [0.5, 0.6) is 0 Å². The first-order valence-corrected chi connectivity index (χ1v) is 20.0. The number of pyridine rings is 2. The molecule has 0 aliphatic rings. The maximum absolute atomic E-state index is 10.7. The number of hydrogen-bond acceptors (Lipinski definition) is 4. The van der Waals surface area contributed by atoms with E-state index in [1.165, 1.54) is 46.5 Å². The molecular formula is C36H46F6N6NaPS2+4. The molecule has 0 amide bonds. The van der Waals surface area contributed by atoms with Crippen molar-refractivity contribution in [3.63, 3.8) is 0 Å². The summed E-state index contributed by atoms with van der Waals surface area (Å²) in [6, 6.07) is 25.3. The predicted molar refractivity (Wildman–Crippen MR) is 199 cm³/mol. The van der Waals surface area contributed by atoms with Crippen molar-refractivity contribution in [1.29, 1.82) is 0 Å². The number of quaternary nitrogens is 2. The van der Waals surface area contributed by atoms with Crippen LogP contribution in [0.15, 0.2) is 97.6 Å². The summed E-state index contributed by atoms with van der Waals surface area (Å²) in [7, 11) is 2.76. The third-order valence-electron chi connectivity index (χ3n) is 7.35. The van der Waals surface area contributed by atoms with Gasteiger partial charge in [0.05, 0.1) is 88.7 Å². The molecule has 6 aromatic rings. The first-order chi connectivity index (χ1) is 23.5. The number of benzene rings is 2. The molecule has 276 valence electrons. The monoisotopic (exact) mass is 794 g/mol. The van der Waals surface area contributed by atoms with Gasteiger partial charge >= 0.3 is 62.5 Å². The Morgan fingerprint density at radius 2 is 0.846 bits per heavy atom. The van der Waals surface area contributed by atoms with Gasteiger partial charge in [-0.25, -0.2) is 19.1 Å². The normalized spacial score (nSPS) is 13.2. The van der Waals surface area contributed by atoms with Gasteiger partial charge < -0.3 is 8.97 Å². The molecule has 0 fully saturated rings. The minimum Gasteiger partial charge on any atom is 1.00 e. The van der Waals surface area contributed by atoms with E-state index in [9.17, 15) is 25.2 Å². The molecule has 0 atom stereocenters. The molecule has 0 saturated carbocycles. The van der Waals surface area contributed by atoms with Crippen LogP contribution >= 0.6 is 30.5 Å². The Kier molecular flexibility index (Phi) is 14.2.